The molecule has 3 aromatic rings. The van der Waals surface area contributed by atoms with Gasteiger partial charge in [0.25, 0.3) is 23.4 Å². The fourth-order valence-corrected chi connectivity index (χ4v) is 5.01. The molecule has 0 spiro atoms. The smallest absolute Gasteiger partial charge is 0.335 e. The maximum Gasteiger partial charge on any atom is 0.335 e. The highest BCUT2D eigenvalue weighted by Gasteiger charge is 2.37. The summed E-state index contributed by atoms with van der Waals surface area (Å²) in [6.07, 6.45) is 1.28. The highest BCUT2D eigenvalue weighted by molar-refractivity contribution is 9.11. The molecule has 0 radical (unpaired) electrons. The van der Waals surface area contributed by atoms with Crippen LogP contribution in [0.15, 0.2) is 75.2 Å². The summed E-state index contributed by atoms with van der Waals surface area (Å²) in [5.74, 6) is -1.86. The van der Waals surface area contributed by atoms with Gasteiger partial charge in [0.2, 0.25) is 0 Å². The van der Waals surface area contributed by atoms with Crippen LogP contribution >= 0.6 is 31.9 Å². The van der Waals surface area contributed by atoms with Crippen molar-refractivity contribution in [2.75, 3.05) is 16.8 Å². The van der Waals surface area contributed by atoms with Crippen LogP contribution in [-0.2, 0) is 14.4 Å². The molecule has 3 aromatic carbocycles. The number of halogens is 2. The van der Waals surface area contributed by atoms with Crippen LogP contribution in [0.1, 0.15) is 11.1 Å². The zero-order chi connectivity index (χ0) is 28.3. The molecule has 0 atom stereocenters. The number of carbonyl (C=O) groups is 4. The molecule has 1 aliphatic rings. The van der Waals surface area contributed by atoms with Crippen LogP contribution in [0.5, 0.6) is 5.75 Å². The number of urea groups is 1. The van der Waals surface area contributed by atoms with Crippen molar-refractivity contribution < 1.29 is 28.8 Å². The predicted octanol–water partition coefficient (Wildman–Crippen LogP) is 5.11. The third-order valence-electron chi connectivity index (χ3n) is 5.43. The lowest BCUT2D eigenvalue weighted by Crippen LogP contribution is -2.54. The number of benzene rings is 3. The zero-order valence-corrected chi connectivity index (χ0v) is 23.2. The Balaban J connectivity index is 1.52. The second kappa shape index (κ2) is 11.6. The minimum Gasteiger partial charge on any atom is -0.481 e. The number of nitro benzene ring substituents is 1. The highest BCUT2D eigenvalue weighted by atomic mass is 79.9. The van der Waals surface area contributed by atoms with Gasteiger partial charge in [-0.1, -0.05) is 17.7 Å². The van der Waals surface area contributed by atoms with Crippen molar-refractivity contribution in [1.82, 2.24) is 5.32 Å². The monoisotopic (exact) mass is 656 g/mol. The first-order valence-electron chi connectivity index (χ1n) is 11.2. The van der Waals surface area contributed by atoms with Crippen LogP contribution in [0.25, 0.3) is 6.08 Å². The van der Waals surface area contributed by atoms with Crippen LogP contribution in [0.4, 0.5) is 21.9 Å². The van der Waals surface area contributed by atoms with Gasteiger partial charge in [-0.3, -0.25) is 29.8 Å². The molecular formula is C26H18Br2N4O7. The van der Waals surface area contributed by atoms with Gasteiger partial charge in [-0.15, -0.1) is 0 Å². The topological polar surface area (TPSA) is 148 Å². The first-order valence-corrected chi connectivity index (χ1v) is 12.8. The first kappa shape index (κ1) is 27.7. The third kappa shape index (κ3) is 6.38. The quantitative estimate of drug-likeness (QED) is 0.155. The molecule has 0 saturated carbocycles. The summed E-state index contributed by atoms with van der Waals surface area (Å²) in [6, 6.07) is 14.2. The van der Waals surface area contributed by atoms with E-state index in [0.29, 0.717) is 30.8 Å². The molecular weight excluding hydrogens is 640 g/mol. The molecule has 5 amide bonds. The summed E-state index contributed by atoms with van der Waals surface area (Å²) in [4.78, 5) is 61.3. The Morgan fingerprint density at radius 2 is 1.67 bits per heavy atom. The van der Waals surface area contributed by atoms with Crippen molar-refractivity contribution in [3.05, 3.63) is 96.4 Å². The van der Waals surface area contributed by atoms with Crippen molar-refractivity contribution in [2.24, 2.45) is 0 Å². The van der Waals surface area contributed by atoms with E-state index in [1.807, 2.05) is 19.1 Å². The number of hydrogen-bond acceptors (Lipinski definition) is 7. The summed E-state index contributed by atoms with van der Waals surface area (Å²) in [5.41, 5.74) is 1.59. The molecule has 0 aromatic heterocycles. The molecule has 11 nitrogen and oxygen atoms in total. The number of barbiturate groups is 1. The van der Waals surface area contributed by atoms with Crippen molar-refractivity contribution in [1.29, 1.82) is 0 Å². The van der Waals surface area contributed by atoms with Gasteiger partial charge in [0.05, 0.1) is 19.6 Å². The highest BCUT2D eigenvalue weighted by Crippen LogP contribution is 2.36. The number of imide groups is 2. The van der Waals surface area contributed by atoms with Crippen LogP contribution in [0.3, 0.4) is 0 Å². The first-order chi connectivity index (χ1) is 18.5. The van der Waals surface area contributed by atoms with Gasteiger partial charge in [0, 0.05) is 17.8 Å². The van der Waals surface area contributed by atoms with Gasteiger partial charge >= 0.3 is 6.03 Å². The van der Waals surface area contributed by atoms with E-state index in [1.54, 1.807) is 24.3 Å². The number of carbonyl (C=O) groups excluding carboxylic acids is 4. The Morgan fingerprint density at radius 1 is 1.05 bits per heavy atom. The SMILES string of the molecule is Cc1ccc(NC(=O)COc2c(Br)cc(/C=C3\C(=O)NC(=O)N(c4ccc([N+](=O)[O-])cc4)C3=O)cc2Br)cc1. The van der Waals surface area contributed by atoms with Crippen LogP contribution in [-0.4, -0.2) is 35.3 Å². The van der Waals surface area contributed by atoms with E-state index in [1.165, 1.54) is 18.2 Å². The lowest BCUT2D eigenvalue weighted by molar-refractivity contribution is -0.384. The van der Waals surface area contributed by atoms with Gasteiger partial charge < -0.3 is 10.1 Å². The van der Waals surface area contributed by atoms with Gasteiger partial charge in [-0.25, -0.2) is 9.69 Å². The fraction of sp³-hybridized carbons (Fsp3) is 0.0769. The van der Waals surface area contributed by atoms with Crippen molar-refractivity contribution >= 4 is 78.8 Å². The minimum absolute atomic E-state index is 0.0523. The predicted molar refractivity (Wildman–Crippen MR) is 149 cm³/mol. The number of nitrogens with zero attached hydrogens (tertiary/aromatic N) is 2. The number of hydrogen-bond donors (Lipinski definition) is 2. The largest absolute Gasteiger partial charge is 0.481 e. The lowest BCUT2D eigenvalue weighted by Gasteiger charge is -2.26. The Labute approximate surface area is 238 Å². The standard InChI is InChI=1S/C26H18Br2N4O7/c1-14-2-4-16(5-3-14)29-22(33)13-39-23-20(27)11-15(12-21(23)28)10-19-24(34)30-26(36)31(25(19)35)17-6-8-18(9-7-17)32(37)38/h2-12H,13H2,1H3,(H,29,33)(H,30,34,36)/b19-10+. The van der Waals surface area contributed by atoms with E-state index in [4.69, 9.17) is 4.74 Å². The van der Waals surface area contributed by atoms with Gasteiger partial charge in [-0.2, -0.15) is 0 Å². The third-order valence-corrected chi connectivity index (χ3v) is 6.61. The van der Waals surface area contributed by atoms with Crippen LogP contribution < -0.4 is 20.3 Å². The van der Waals surface area contributed by atoms with E-state index in [0.717, 1.165) is 17.7 Å². The van der Waals surface area contributed by atoms with E-state index >= 15 is 0 Å². The van der Waals surface area contributed by atoms with Gasteiger partial charge in [0.1, 0.15) is 11.3 Å². The fourth-order valence-electron chi connectivity index (χ4n) is 3.55. The Morgan fingerprint density at radius 3 is 2.26 bits per heavy atom. The number of ether oxygens (including phenoxy) is 1. The zero-order valence-electron chi connectivity index (χ0n) is 20.1. The molecule has 0 bridgehead atoms. The van der Waals surface area contributed by atoms with Crippen molar-refractivity contribution in [2.45, 2.75) is 6.92 Å². The van der Waals surface area contributed by atoms with E-state index in [2.05, 4.69) is 42.5 Å². The molecule has 1 fully saturated rings. The Kier molecular flexibility index (Phi) is 8.21. The van der Waals surface area contributed by atoms with Crippen molar-refractivity contribution in [3.63, 3.8) is 0 Å². The molecule has 1 aliphatic heterocycles. The summed E-state index contributed by atoms with van der Waals surface area (Å²) < 4.78 is 6.51. The molecule has 198 valence electrons. The second-order valence-corrected chi connectivity index (χ2v) is 9.96. The number of non-ortho nitro benzene ring substituents is 1. The number of nitrogens with one attached hydrogen (secondary N) is 2. The average molecular weight is 658 g/mol. The lowest BCUT2D eigenvalue weighted by atomic mass is 10.1. The van der Waals surface area contributed by atoms with Crippen LogP contribution in [0.2, 0.25) is 0 Å². The average Bonchev–Trinajstić information content (AvgIpc) is 2.87. The number of rotatable bonds is 7. The van der Waals surface area contributed by atoms with Crippen LogP contribution in [0, 0.1) is 17.0 Å². The Bertz CT molecular complexity index is 1510. The van der Waals surface area contributed by atoms with Crippen molar-refractivity contribution in [3.8, 4) is 5.75 Å². The molecule has 1 saturated heterocycles. The summed E-state index contributed by atoms with van der Waals surface area (Å²) in [6.45, 7) is 1.66. The molecule has 39 heavy (non-hydrogen) atoms. The number of anilines is 2. The maximum absolute atomic E-state index is 13.1. The number of aryl methyl sites for hydroxylation is 1. The second-order valence-electron chi connectivity index (χ2n) is 8.25. The number of amides is 5. The summed E-state index contributed by atoms with van der Waals surface area (Å²) in [7, 11) is 0. The molecule has 4 rings (SSSR count). The molecule has 2 N–H and O–H groups in total. The number of nitro groups is 1. The molecule has 0 unspecified atom stereocenters. The minimum atomic E-state index is -0.981. The van der Waals surface area contributed by atoms with Gasteiger partial charge in [-0.05, 0) is 86.8 Å². The van der Waals surface area contributed by atoms with E-state index < -0.39 is 22.8 Å². The summed E-state index contributed by atoms with van der Waals surface area (Å²) >= 11 is 6.75. The summed E-state index contributed by atoms with van der Waals surface area (Å²) in [5, 5.41) is 15.7. The maximum atomic E-state index is 13.1. The van der Waals surface area contributed by atoms with Gasteiger partial charge in [0.15, 0.2) is 6.61 Å². The van der Waals surface area contributed by atoms with E-state index in [9.17, 15) is 29.3 Å². The molecule has 13 heteroatoms. The Hall–Kier alpha value is -4.36. The molecule has 0 aliphatic carbocycles. The molecule has 1 heterocycles. The normalized spacial score (nSPS) is 14.3. The van der Waals surface area contributed by atoms with E-state index in [-0.39, 0.29) is 29.5 Å².